The van der Waals surface area contributed by atoms with Crippen molar-refractivity contribution < 1.29 is 4.79 Å². The van der Waals surface area contributed by atoms with Crippen molar-refractivity contribution >= 4 is 11.6 Å². The maximum Gasteiger partial charge on any atom is 0.258 e. The molecule has 2 heterocycles. The molecule has 0 spiro atoms. The molecule has 3 rings (SSSR count). The molecular weight excluding hydrogens is 264 g/mol. The second-order valence-corrected chi connectivity index (χ2v) is 4.60. The first kappa shape index (κ1) is 13.1. The van der Waals surface area contributed by atoms with Crippen LogP contribution in [0.3, 0.4) is 0 Å². The Labute approximate surface area is 122 Å². The number of nitrogens with zero attached hydrogens (tertiary/aromatic N) is 3. The molecule has 2 aromatic heterocycles. The Hall–Kier alpha value is -2.95. The summed E-state index contributed by atoms with van der Waals surface area (Å²) in [7, 11) is 0. The summed E-state index contributed by atoms with van der Waals surface area (Å²) < 4.78 is 1.75. The fourth-order valence-electron chi connectivity index (χ4n) is 1.98. The first-order chi connectivity index (χ1) is 10.3. The zero-order valence-electron chi connectivity index (χ0n) is 11.3. The maximum absolute atomic E-state index is 12.1. The number of benzene rings is 1. The lowest BCUT2D eigenvalue weighted by Gasteiger charge is -2.02. The molecular formula is C16H14N4O. The Morgan fingerprint density at radius 2 is 1.86 bits per heavy atom. The van der Waals surface area contributed by atoms with Gasteiger partial charge >= 0.3 is 0 Å². The summed E-state index contributed by atoms with van der Waals surface area (Å²) in [6, 6.07) is 13.5. The third-order valence-electron chi connectivity index (χ3n) is 3.02. The number of carbonyl (C=O) groups is 1. The lowest BCUT2D eigenvalue weighted by Crippen LogP contribution is -2.11. The van der Waals surface area contributed by atoms with E-state index in [9.17, 15) is 4.79 Å². The molecule has 1 amide bonds. The van der Waals surface area contributed by atoms with Crippen molar-refractivity contribution in [2.24, 2.45) is 0 Å². The molecule has 0 fully saturated rings. The van der Waals surface area contributed by atoms with Crippen LogP contribution in [0.15, 0.2) is 67.3 Å². The Bertz CT molecular complexity index is 722. The van der Waals surface area contributed by atoms with Crippen LogP contribution in [0.1, 0.15) is 15.9 Å². The highest BCUT2D eigenvalue weighted by molar-refractivity contribution is 6.03. The molecule has 21 heavy (non-hydrogen) atoms. The molecule has 0 saturated heterocycles. The SMILES string of the molecule is O=C(Nc1ccncc1)c1cnn(Cc2ccccc2)c1. The van der Waals surface area contributed by atoms with E-state index in [0.29, 0.717) is 17.8 Å². The number of rotatable bonds is 4. The molecule has 0 aliphatic heterocycles. The highest BCUT2D eigenvalue weighted by Crippen LogP contribution is 2.08. The van der Waals surface area contributed by atoms with Gasteiger partial charge in [0, 0.05) is 24.3 Å². The second-order valence-electron chi connectivity index (χ2n) is 4.60. The van der Waals surface area contributed by atoms with Gasteiger partial charge in [0.05, 0.1) is 18.3 Å². The minimum atomic E-state index is -0.180. The van der Waals surface area contributed by atoms with Gasteiger partial charge in [0.1, 0.15) is 0 Å². The number of anilines is 1. The predicted molar refractivity (Wildman–Crippen MR) is 80.0 cm³/mol. The molecule has 0 radical (unpaired) electrons. The van der Waals surface area contributed by atoms with E-state index in [4.69, 9.17) is 0 Å². The van der Waals surface area contributed by atoms with Gasteiger partial charge in [-0.05, 0) is 17.7 Å². The maximum atomic E-state index is 12.1. The average molecular weight is 278 g/mol. The van der Waals surface area contributed by atoms with Crippen molar-refractivity contribution in [1.29, 1.82) is 0 Å². The molecule has 1 aromatic carbocycles. The van der Waals surface area contributed by atoms with Gasteiger partial charge in [-0.25, -0.2) is 0 Å². The molecule has 0 aliphatic rings. The number of amides is 1. The fraction of sp³-hybridized carbons (Fsp3) is 0.0625. The lowest BCUT2D eigenvalue weighted by molar-refractivity contribution is 0.102. The molecule has 0 atom stereocenters. The second kappa shape index (κ2) is 6.00. The lowest BCUT2D eigenvalue weighted by atomic mass is 10.2. The molecule has 5 nitrogen and oxygen atoms in total. The minimum absolute atomic E-state index is 0.180. The van der Waals surface area contributed by atoms with Crippen LogP contribution in [0.5, 0.6) is 0 Å². The van der Waals surface area contributed by atoms with Crippen LogP contribution in [0.25, 0.3) is 0 Å². The average Bonchev–Trinajstić information content (AvgIpc) is 2.98. The zero-order valence-corrected chi connectivity index (χ0v) is 11.3. The fourth-order valence-corrected chi connectivity index (χ4v) is 1.98. The van der Waals surface area contributed by atoms with E-state index < -0.39 is 0 Å². The van der Waals surface area contributed by atoms with Crippen LogP contribution in [-0.4, -0.2) is 20.7 Å². The largest absolute Gasteiger partial charge is 0.322 e. The highest BCUT2D eigenvalue weighted by Gasteiger charge is 2.09. The molecule has 0 bridgehead atoms. The number of pyridine rings is 1. The van der Waals surface area contributed by atoms with E-state index >= 15 is 0 Å². The van der Waals surface area contributed by atoms with Crippen molar-refractivity contribution in [3.8, 4) is 0 Å². The number of aromatic nitrogens is 3. The Morgan fingerprint density at radius 1 is 1.10 bits per heavy atom. The van der Waals surface area contributed by atoms with Gasteiger partial charge < -0.3 is 5.32 Å². The topological polar surface area (TPSA) is 59.8 Å². The number of hydrogen-bond acceptors (Lipinski definition) is 3. The molecule has 3 aromatic rings. The van der Waals surface area contributed by atoms with Crippen LogP contribution in [0, 0.1) is 0 Å². The summed E-state index contributed by atoms with van der Waals surface area (Å²) in [6.07, 6.45) is 6.58. The van der Waals surface area contributed by atoms with E-state index in [1.165, 1.54) is 0 Å². The first-order valence-electron chi connectivity index (χ1n) is 6.59. The van der Waals surface area contributed by atoms with Crippen molar-refractivity contribution in [3.63, 3.8) is 0 Å². The summed E-state index contributed by atoms with van der Waals surface area (Å²) >= 11 is 0. The van der Waals surface area contributed by atoms with Gasteiger partial charge in [-0.3, -0.25) is 14.5 Å². The van der Waals surface area contributed by atoms with E-state index in [-0.39, 0.29) is 5.91 Å². The molecule has 0 unspecified atom stereocenters. The summed E-state index contributed by atoms with van der Waals surface area (Å²) in [5.74, 6) is -0.180. The molecule has 5 heteroatoms. The molecule has 1 N–H and O–H groups in total. The number of hydrogen-bond donors (Lipinski definition) is 1. The van der Waals surface area contributed by atoms with E-state index in [1.54, 1.807) is 41.6 Å². The van der Waals surface area contributed by atoms with Crippen molar-refractivity contribution in [2.75, 3.05) is 5.32 Å². The Balaban J connectivity index is 1.68. The predicted octanol–water partition coefficient (Wildman–Crippen LogP) is 2.58. The van der Waals surface area contributed by atoms with E-state index in [2.05, 4.69) is 15.4 Å². The smallest absolute Gasteiger partial charge is 0.258 e. The summed E-state index contributed by atoms with van der Waals surface area (Å²) in [5.41, 5.74) is 2.38. The monoisotopic (exact) mass is 278 g/mol. The number of nitrogens with one attached hydrogen (secondary N) is 1. The molecule has 0 saturated carbocycles. The van der Waals surface area contributed by atoms with Gasteiger partial charge in [0.2, 0.25) is 0 Å². The number of carbonyl (C=O) groups excluding carboxylic acids is 1. The van der Waals surface area contributed by atoms with E-state index in [0.717, 1.165) is 5.56 Å². The van der Waals surface area contributed by atoms with Gasteiger partial charge in [-0.15, -0.1) is 0 Å². The van der Waals surface area contributed by atoms with Crippen LogP contribution in [-0.2, 0) is 6.54 Å². The highest BCUT2D eigenvalue weighted by atomic mass is 16.1. The van der Waals surface area contributed by atoms with Crippen molar-refractivity contribution in [2.45, 2.75) is 6.54 Å². The van der Waals surface area contributed by atoms with E-state index in [1.807, 2.05) is 30.3 Å². The quantitative estimate of drug-likeness (QED) is 0.798. The minimum Gasteiger partial charge on any atom is -0.322 e. The Kier molecular flexibility index (Phi) is 3.73. The van der Waals surface area contributed by atoms with Crippen LogP contribution in [0.4, 0.5) is 5.69 Å². The van der Waals surface area contributed by atoms with Crippen LogP contribution in [0.2, 0.25) is 0 Å². The summed E-state index contributed by atoms with van der Waals surface area (Å²) in [5, 5.41) is 7.02. The summed E-state index contributed by atoms with van der Waals surface area (Å²) in [4.78, 5) is 16.0. The third-order valence-corrected chi connectivity index (χ3v) is 3.02. The van der Waals surface area contributed by atoms with Gasteiger partial charge in [0.25, 0.3) is 5.91 Å². The van der Waals surface area contributed by atoms with Crippen LogP contribution < -0.4 is 5.32 Å². The molecule has 0 aliphatic carbocycles. The zero-order chi connectivity index (χ0) is 14.5. The molecule has 104 valence electrons. The first-order valence-corrected chi connectivity index (χ1v) is 6.59. The van der Waals surface area contributed by atoms with Crippen molar-refractivity contribution in [3.05, 3.63) is 78.4 Å². The van der Waals surface area contributed by atoms with Crippen LogP contribution >= 0.6 is 0 Å². The summed E-state index contributed by atoms with van der Waals surface area (Å²) in [6.45, 7) is 0.642. The standard InChI is InChI=1S/C16H14N4O/c21-16(19-15-6-8-17-9-7-15)14-10-18-20(12-14)11-13-4-2-1-3-5-13/h1-10,12H,11H2,(H,17,19,21). The van der Waals surface area contributed by atoms with Crippen molar-refractivity contribution in [1.82, 2.24) is 14.8 Å². The van der Waals surface area contributed by atoms with Gasteiger partial charge in [0.15, 0.2) is 0 Å². The third kappa shape index (κ3) is 3.33. The normalized spacial score (nSPS) is 10.3. The Morgan fingerprint density at radius 3 is 2.62 bits per heavy atom. The van der Waals surface area contributed by atoms with Gasteiger partial charge in [-0.2, -0.15) is 5.10 Å². The van der Waals surface area contributed by atoms with Gasteiger partial charge in [-0.1, -0.05) is 30.3 Å².